The normalized spacial score (nSPS) is 12.8. The van der Waals surface area contributed by atoms with E-state index in [1.165, 1.54) is 0 Å². The minimum Gasteiger partial charge on any atom is -0.349 e. The fourth-order valence-corrected chi connectivity index (χ4v) is 3.97. The molecule has 4 rings (SSSR count). The van der Waals surface area contributed by atoms with Crippen molar-refractivity contribution in [2.75, 3.05) is 0 Å². The average Bonchev–Trinajstić information content (AvgIpc) is 3.34. The number of tetrazole rings is 1. The van der Waals surface area contributed by atoms with Crippen molar-refractivity contribution < 1.29 is 4.79 Å². The Morgan fingerprint density at radius 3 is 2.28 bits per heavy atom. The third kappa shape index (κ3) is 5.15. The van der Waals surface area contributed by atoms with Gasteiger partial charge in [-0.1, -0.05) is 65.7 Å². The molecular weight excluding hydrogens is 445 g/mol. The van der Waals surface area contributed by atoms with Crippen LogP contribution in [0.1, 0.15) is 34.3 Å². The van der Waals surface area contributed by atoms with Gasteiger partial charge in [0.15, 0.2) is 5.82 Å². The molecule has 4 aromatic rings. The number of benzene rings is 3. The minimum atomic E-state index is -0.195. The van der Waals surface area contributed by atoms with Crippen molar-refractivity contribution >= 4 is 29.1 Å². The van der Waals surface area contributed by atoms with Crippen LogP contribution < -0.4 is 5.32 Å². The highest BCUT2D eigenvalue weighted by Gasteiger charge is 2.24. The summed E-state index contributed by atoms with van der Waals surface area (Å²) in [7, 11) is 0. The van der Waals surface area contributed by atoms with Gasteiger partial charge in [-0.2, -0.15) is 0 Å². The number of nitrogens with one attached hydrogen (secondary N) is 2. The number of amides is 1. The monoisotopic (exact) mass is 465 g/mol. The maximum Gasteiger partial charge on any atom is 0.252 e. The van der Waals surface area contributed by atoms with Crippen molar-refractivity contribution in [2.24, 2.45) is 0 Å². The van der Waals surface area contributed by atoms with Crippen molar-refractivity contribution in [3.63, 3.8) is 0 Å². The Morgan fingerprint density at radius 2 is 1.62 bits per heavy atom. The molecule has 0 spiro atoms. The van der Waals surface area contributed by atoms with E-state index in [1.807, 2.05) is 73.7 Å². The Labute approximate surface area is 196 Å². The second-order valence-corrected chi connectivity index (χ2v) is 8.42. The summed E-state index contributed by atoms with van der Waals surface area (Å²) in [6.07, 6.45) is 0.730. The van der Waals surface area contributed by atoms with E-state index >= 15 is 0 Å². The van der Waals surface area contributed by atoms with Crippen LogP contribution >= 0.6 is 23.2 Å². The fourth-order valence-electron chi connectivity index (χ4n) is 3.71. The van der Waals surface area contributed by atoms with E-state index in [9.17, 15) is 4.79 Å². The molecule has 0 aliphatic carbocycles. The summed E-state index contributed by atoms with van der Waals surface area (Å²) < 4.78 is 0. The van der Waals surface area contributed by atoms with Crippen LogP contribution in [0.25, 0.3) is 11.4 Å². The number of rotatable bonds is 7. The number of nitrogens with zero attached hydrogens (tertiary/aromatic N) is 3. The van der Waals surface area contributed by atoms with E-state index in [0.29, 0.717) is 27.0 Å². The van der Waals surface area contributed by atoms with E-state index in [-0.39, 0.29) is 17.9 Å². The molecule has 0 saturated heterocycles. The van der Waals surface area contributed by atoms with Crippen LogP contribution in [0.3, 0.4) is 0 Å². The molecule has 0 radical (unpaired) electrons. The number of hydrogen-bond acceptors (Lipinski definition) is 4. The first kappa shape index (κ1) is 22.0. The lowest BCUT2D eigenvalue weighted by atomic mass is 9.86. The van der Waals surface area contributed by atoms with Crippen LogP contribution in [0, 0.1) is 0 Å². The van der Waals surface area contributed by atoms with Crippen molar-refractivity contribution in [1.82, 2.24) is 25.9 Å². The van der Waals surface area contributed by atoms with Crippen LogP contribution in [-0.2, 0) is 6.42 Å². The summed E-state index contributed by atoms with van der Waals surface area (Å²) in [4.78, 5) is 13.2. The second-order valence-electron chi connectivity index (χ2n) is 7.55. The van der Waals surface area contributed by atoms with Crippen molar-refractivity contribution in [2.45, 2.75) is 25.3 Å². The highest BCUT2D eigenvalue weighted by Crippen LogP contribution is 2.27. The molecule has 0 bridgehead atoms. The van der Waals surface area contributed by atoms with Crippen molar-refractivity contribution in [3.8, 4) is 11.4 Å². The summed E-state index contributed by atoms with van der Waals surface area (Å²) in [5.41, 5.74) is 3.36. The molecule has 8 heteroatoms. The molecule has 0 aliphatic rings. The molecular formula is C24H21Cl2N5O. The number of hydrogen-bond donors (Lipinski definition) is 2. The standard InChI is InChI=1S/C24H21Cl2N5O/c1-15(27-24(32)21-5-3-2-4-20(21)23-28-30-31-29-23)22(17-8-12-19(26)13-9-17)14-16-6-10-18(25)11-7-16/h2-13,15,22H,14H2,1H3,(H,27,32)(H,28,29,30,31). The lowest BCUT2D eigenvalue weighted by Gasteiger charge is -2.26. The van der Waals surface area contributed by atoms with Gasteiger partial charge in [0.05, 0.1) is 5.56 Å². The Kier molecular flexibility index (Phi) is 6.83. The predicted molar refractivity (Wildman–Crippen MR) is 126 cm³/mol. The first-order chi connectivity index (χ1) is 15.5. The molecule has 6 nitrogen and oxygen atoms in total. The zero-order chi connectivity index (χ0) is 22.5. The Balaban J connectivity index is 1.60. The van der Waals surface area contributed by atoms with Gasteiger partial charge in [-0.15, -0.1) is 5.10 Å². The van der Waals surface area contributed by atoms with Crippen LogP contribution in [0.5, 0.6) is 0 Å². The average molecular weight is 466 g/mol. The summed E-state index contributed by atoms with van der Waals surface area (Å²) in [5, 5.41) is 18.4. The first-order valence-corrected chi connectivity index (χ1v) is 10.9. The van der Waals surface area contributed by atoms with Gasteiger partial charge in [-0.25, -0.2) is 5.10 Å². The third-order valence-electron chi connectivity index (χ3n) is 5.40. The maximum atomic E-state index is 13.2. The third-order valence-corrected chi connectivity index (χ3v) is 5.91. The number of aromatic nitrogens is 4. The molecule has 32 heavy (non-hydrogen) atoms. The Morgan fingerprint density at radius 1 is 0.969 bits per heavy atom. The van der Waals surface area contributed by atoms with Crippen molar-refractivity contribution in [3.05, 3.63) is 99.5 Å². The lowest BCUT2D eigenvalue weighted by molar-refractivity contribution is 0.0935. The smallest absolute Gasteiger partial charge is 0.252 e. The molecule has 0 saturated carbocycles. The predicted octanol–water partition coefficient (Wildman–Crippen LogP) is 5.32. The first-order valence-electron chi connectivity index (χ1n) is 10.1. The number of aromatic amines is 1. The zero-order valence-corrected chi connectivity index (χ0v) is 18.8. The summed E-state index contributed by atoms with van der Waals surface area (Å²) in [6, 6.07) is 22.6. The SMILES string of the molecule is CC(NC(=O)c1ccccc1-c1nnn[nH]1)C(Cc1ccc(Cl)cc1)c1ccc(Cl)cc1. The molecule has 2 N–H and O–H groups in total. The van der Waals surface area contributed by atoms with Crippen LogP contribution in [0.2, 0.25) is 10.0 Å². The molecule has 162 valence electrons. The molecule has 1 aromatic heterocycles. The van der Waals surface area contributed by atoms with E-state index in [0.717, 1.165) is 17.5 Å². The minimum absolute atomic E-state index is 0.0245. The number of carbonyl (C=O) groups is 1. The Hall–Kier alpha value is -3.22. The van der Waals surface area contributed by atoms with E-state index < -0.39 is 0 Å². The van der Waals surface area contributed by atoms with E-state index in [2.05, 4.69) is 25.9 Å². The van der Waals surface area contributed by atoms with E-state index in [4.69, 9.17) is 23.2 Å². The summed E-state index contributed by atoms with van der Waals surface area (Å²) in [5.74, 6) is 0.273. The van der Waals surface area contributed by atoms with Crippen molar-refractivity contribution in [1.29, 1.82) is 0 Å². The van der Waals surface area contributed by atoms with Gasteiger partial charge in [0, 0.05) is 27.6 Å². The van der Waals surface area contributed by atoms with Crippen LogP contribution in [0.4, 0.5) is 0 Å². The molecule has 1 heterocycles. The molecule has 2 unspecified atom stereocenters. The largest absolute Gasteiger partial charge is 0.349 e. The molecule has 1 amide bonds. The number of carbonyl (C=O) groups excluding carboxylic acids is 1. The number of H-pyrrole nitrogens is 1. The van der Waals surface area contributed by atoms with Gasteiger partial charge in [0.1, 0.15) is 0 Å². The number of halogens is 2. The fraction of sp³-hybridized carbons (Fsp3) is 0.167. The van der Waals surface area contributed by atoms with E-state index in [1.54, 1.807) is 6.07 Å². The van der Waals surface area contributed by atoms with Gasteiger partial charge in [-0.05, 0) is 65.2 Å². The van der Waals surface area contributed by atoms with Crippen LogP contribution in [0.15, 0.2) is 72.8 Å². The highest BCUT2D eigenvalue weighted by molar-refractivity contribution is 6.30. The summed E-state index contributed by atoms with van der Waals surface area (Å²) >= 11 is 12.2. The van der Waals surface area contributed by atoms with Gasteiger partial charge in [0.2, 0.25) is 0 Å². The van der Waals surface area contributed by atoms with Crippen LogP contribution in [-0.4, -0.2) is 32.6 Å². The molecule has 3 aromatic carbocycles. The lowest BCUT2D eigenvalue weighted by Crippen LogP contribution is -2.38. The zero-order valence-electron chi connectivity index (χ0n) is 17.3. The topological polar surface area (TPSA) is 83.6 Å². The Bertz CT molecular complexity index is 1180. The van der Waals surface area contributed by atoms with Gasteiger partial charge in [0.25, 0.3) is 5.91 Å². The van der Waals surface area contributed by atoms with Gasteiger partial charge >= 0.3 is 0 Å². The highest BCUT2D eigenvalue weighted by atomic mass is 35.5. The molecule has 0 aliphatic heterocycles. The van der Waals surface area contributed by atoms with Gasteiger partial charge in [-0.3, -0.25) is 4.79 Å². The quantitative estimate of drug-likeness (QED) is 0.386. The second kappa shape index (κ2) is 9.94. The molecule has 2 atom stereocenters. The maximum absolute atomic E-state index is 13.2. The molecule has 0 fully saturated rings. The van der Waals surface area contributed by atoms with Gasteiger partial charge < -0.3 is 5.32 Å². The summed E-state index contributed by atoms with van der Waals surface area (Å²) in [6.45, 7) is 2.01.